The number of hydrogen-bond acceptors (Lipinski definition) is 6. The molecule has 23 heavy (non-hydrogen) atoms. The maximum atomic E-state index is 12.1. The summed E-state index contributed by atoms with van der Waals surface area (Å²) in [5.74, 6) is -1.29. The molecule has 1 amide bonds. The number of hydrogen-bond donors (Lipinski definition) is 2. The highest BCUT2D eigenvalue weighted by Gasteiger charge is 2.22. The van der Waals surface area contributed by atoms with E-state index in [-0.39, 0.29) is 16.3 Å². The van der Waals surface area contributed by atoms with Crippen LogP contribution in [-0.4, -0.2) is 18.0 Å². The number of anilines is 2. The fraction of sp³-hybridized carbons (Fsp3) is 0.133. The summed E-state index contributed by atoms with van der Waals surface area (Å²) in [5.41, 5.74) is 6.25. The number of amides is 1. The molecule has 2 aromatic rings. The maximum absolute atomic E-state index is 12.1. The van der Waals surface area contributed by atoms with Crippen molar-refractivity contribution < 1.29 is 14.3 Å². The van der Waals surface area contributed by atoms with E-state index in [1.165, 1.54) is 24.3 Å². The first-order valence-corrected chi connectivity index (χ1v) is 7.73. The molecule has 8 heteroatoms. The summed E-state index contributed by atoms with van der Waals surface area (Å²) < 4.78 is 5.09. The Kier molecular flexibility index (Phi) is 5.21. The first-order chi connectivity index (χ1) is 10.9. The van der Waals surface area contributed by atoms with Gasteiger partial charge in [-0.2, -0.15) is 5.26 Å². The Labute approximate surface area is 141 Å². The van der Waals surface area contributed by atoms with E-state index in [9.17, 15) is 9.59 Å². The number of nitrogens with zero attached hydrogens (tertiary/aromatic N) is 1. The molecule has 1 heterocycles. The van der Waals surface area contributed by atoms with E-state index in [0.29, 0.717) is 10.6 Å². The highest BCUT2D eigenvalue weighted by Crippen LogP contribution is 2.24. The van der Waals surface area contributed by atoms with Crippen LogP contribution in [0.2, 0.25) is 5.02 Å². The van der Waals surface area contributed by atoms with Gasteiger partial charge in [-0.15, -0.1) is 11.3 Å². The minimum atomic E-state index is -1.06. The zero-order valence-corrected chi connectivity index (χ0v) is 13.6. The number of carbonyl (C=O) groups excluding carboxylic acids is 2. The third-order valence-electron chi connectivity index (χ3n) is 2.95. The number of halogens is 1. The zero-order chi connectivity index (χ0) is 17.0. The second kappa shape index (κ2) is 7.13. The molecule has 1 aromatic heterocycles. The van der Waals surface area contributed by atoms with Crippen LogP contribution in [-0.2, 0) is 9.53 Å². The molecule has 0 saturated heterocycles. The monoisotopic (exact) mass is 349 g/mol. The Hall–Kier alpha value is -2.56. The Morgan fingerprint density at radius 2 is 2.17 bits per heavy atom. The summed E-state index contributed by atoms with van der Waals surface area (Å²) in [4.78, 5) is 24.1. The summed E-state index contributed by atoms with van der Waals surface area (Å²) in [6.07, 6.45) is -1.06. The molecule has 0 radical (unpaired) electrons. The summed E-state index contributed by atoms with van der Waals surface area (Å²) in [6.45, 7) is 1.42. The lowest BCUT2D eigenvalue weighted by Gasteiger charge is -2.14. The van der Waals surface area contributed by atoms with Gasteiger partial charge in [0, 0.05) is 0 Å². The predicted octanol–water partition coefficient (Wildman–Crippen LogP) is 3.04. The van der Waals surface area contributed by atoms with E-state index in [1.807, 2.05) is 6.07 Å². The third kappa shape index (κ3) is 3.80. The third-order valence-corrected chi connectivity index (χ3v) is 4.11. The molecule has 0 aliphatic heterocycles. The van der Waals surface area contributed by atoms with Gasteiger partial charge in [0.1, 0.15) is 11.1 Å². The number of nitrogen functional groups attached to an aromatic ring is 1. The van der Waals surface area contributed by atoms with Crippen LogP contribution in [0, 0.1) is 11.3 Å². The molecular weight excluding hydrogens is 338 g/mol. The SMILES string of the molecule is C[C@@H](OC(=O)c1cccc(Cl)c1N)C(=O)Nc1sccc1C#N. The van der Waals surface area contributed by atoms with Crippen LogP contribution in [0.4, 0.5) is 10.7 Å². The molecule has 1 aromatic carbocycles. The molecule has 2 rings (SSSR count). The van der Waals surface area contributed by atoms with E-state index in [0.717, 1.165) is 0 Å². The molecule has 3 N–H and O–H groups in total. The van der Waals surface area contributed by atoms with Crippen LogP contribution >= 0.6 is 22.9 Å². The number of esters is 1. The second-order valence-corrected chi connectivity index (χ2v) is 5.84. The second-order valence-electron chi connectivity index (χ2n) is 4.51. The van der Waals surface area contributed by atoms with Crippen LogP contribution in [0.1, 0.15) is 22.8 Å². The molecule has 0 fully saturated rings. The highest BCUT2D eigenvalue weighted by atomic mass is 35.5. The Balaban J connectivity index is 2.05. The minimum absolute atomic E-state index is 0.0889. The molecule has 0 aliphatic carbocycles. The van der Waals surface area contributed by atoms with Crippen molar-refractivity contribution in [1.82, 2.24) is 0 Å². The Bertz CT molecular complexity index is 798. The number of para-hydroxylation sites is 1. The average molecular weight is 350 g/mol. The summed E-state index contributed by atoms with van der Waals surface area (Å²) in [7, 11) is 0. The average Bonchev–Trinajstić information content (AvgIpc) is 2.96. The fourth-order valence-electron chi connectivity index (χ4n) is 1.70. The van der Waals surface area contributed by atoms with Crippen LogP contribution in [0.5, 0.6) is 0 Å². The van der Waals surface area contributed by atoms with Crippen molar-refractivity contribution in [1.29, 1.82) is 5.26 Å². The van der Waals surface area contributed by atoms with Gasteiger partial charge in [0.2, 0.25) is 0 Å². The fourth-order valence-corrected chi connectivity index (χ4v) is 2.62. The van der Waals surface area contributed by atoms with Gasteiger partial charge in [-0.3, -0.25) is 4.79 Å². The van der Waals surface area contributed by atoms with E-state index in [2.05, 4.69) is 5.32 Å². The largest absolute Gasteiger partial charge is 0.449 e. The number of nitriles is 1. The zero-order valence-electron chi connectivity index (χ0n) is 12.0. The minimum Gasteiger partial charge on any atom is -0.449 e. The number of rotatable bonds is 4. The molecule has 1 atom stereocenters. The standard InChI is InChI=1S/C15H12ClN3O3S/c1-8(13(20)19-14-9(7-17)5-6-23-14)22-15(21)10-3-2-4-11(16)12(10)18/h2-6,8H,18H2,1H3,(H,19,20)/t8-/m1/s1. The van der Waals surface area contributed by atoms with Crippen molar-refractivity contribution in [3.05, 3.63) is 45.8 Å². The number of thiophene rings is 1. The molecular formula is C15H12ClN3O3S. The lowest BCUT2D eigenvalue weighted by molar-refractivity contribution is -0.123. The first kappa shape index (κ1) is 16.8. The number of nitrogens with one attached hydrogen (secondary N) is 1. The van der Waals surface area contributed by atoms with Gasteiger partial charge in [-0.1, -0.05) is 17.7 Å². The van der Waals surface area contributed by atoms with E-state index in [1.54, 1.807) is 23.6 Å². The van der Waals surface area contributed by atoms with Gasteiger partial charge in [-0.05, 0) is 30.5 Å². The van der Waals surface area contributed by atoms with E-state index in [4.69, 9.17) is 27.3 Å². The maximum Gasteiger partial charge on any atom is 0.341 e. The van der Waals surface area contributed by atoms with Gasteiger partial charge in [0.25, 0.3) is 5.91 Å². The van der Waals surface area contributed by atoms with Crippen molar-refractivity contribution in [2.45, 2.75) is 13.0 Å². The topological polar surface area (TPSA) is 105 Å². The van der Waals surface area contributed by atoms with Gasteiger partial charge in [-0.25, -0.2) is 4.79 Å². The van der Waals surface area contributed by atoms with Crippen molar-refractivity contribution >= 4 is 45.5 Å². The van der Waals surface area contributed by atoms with Gasteiger partial charge in [0.05, 0.1) is 21.8 Å². The lowest BCUT2D eigenvalue weighted by atomic mass is 10.2. The molecule has 0 bridgehead atoms. The molecule has 118 valence electrons. The van der Waals surface area contributed by atoms with Crippen LogP contribution < -0.4 is 11.1 Å². The van der Waals surface area contributed by atoms with Crippen molar-refractivity contribution in [3.8, 4) is 6.07 Å². The lowest BCUT2D eigenvalue weighted by Crippen LogP contribution is -2.30. The van der Waals surface area contributed by atoms with E-state index >= 15 is 0 Å². The molecule has 0 saturated carbocycles. The summed E-state index contributed by atoms with van der Waals surface area (Å²) in [5, 5.41) is 13.8. The summed E-state index contributed by atoms with van der Waals surface area (Å²) in [6, 6.07) is 8.11. The van der Waals surface area contributed by atoms with Gasteiger partial charge >= 0.3 is 5.97 Å². The van der Waals surface area contributed by atoms with Crippen molar-refractivity contribution in [3.63, 3.8) is 0 Å². The van der Waals surface area contributed by atoms with Crippen LogP contribution in [0.15, 0.2) is 29.6 Å². The highest BCUT2D eigenvalue weighted by molar-refractivity contribution is 7.14. The number of ether oxygens (including phenoxy) is 1. The van der Waals surface area contributed by atoms with E-state index < -0.39 is 18.0 Å². The van der Waals surface area contributed by atoms with Crippen LogP contribution in [0.25, 0.3) is 0 Å². The molecule has 6 nitrogen and oxygen atoms in total. The first-order valence-electron chi connectivity index (χ1n) is 6.47. The number of benzene rings is 1. The van der Waals surface area contributed by atoms with Crippen molar-refractivity contribution in [2.24, 2.45) is 0 Å². The van der Waals surface area contributed by atoms with Crippen LogP contribution in [0.3, 0.4) is 0 Å². The van der Waals surface area contributed by atoms with Crippen molar-refractivity contribution in [2.75, 3.05) is 11.1 Å². The molecule has 0 aliphatic rings. The van der Waals surface area contributed by atoms with Gasteiger partial charge < -0.3 is 15.8 Å². The normalized spacial score (nSPS) is 11.3. The Morgan fingerprint density at radius 3 is 2.87 bits per heavy atom. The predicted molar refractivity (Wildman–Crippen MR) is 88.4 cm³/mol. The Morgan fingerprint density at radius 1 is 1.43 bits per heavy atom. The molecule has 0 unspecified atom stereocenters. The quantitative estimate of drug-likeness (QED) is 0.652. The number of nitrogens with two attached hydrogens (primary N) is 1. The summed E-state index contributed by atoms with van der Waals surface area (Å²) >= 11 is 7.05. The number of carbonyl (C=O) groups is 2. The van der Waals surface area contributed by atoms with Gasteiger partial charge in [0.15, 0.2) is 6.10 Å². The smallest absolute Gasteiger partial charge is 0.341 e. The molecule has 0 spiro atoms.